The Hall–Kier alpha value is -3.82. The van der Waals surface area contributed by atoms with Crippen LogP contribution in [0.25, 0.3) is 10.7 Å². The summed E-state index contributed by atoms with van der Waals surface area (Å²) in [6, 6.07) is 19.3. The fourth-order valence-corrected chi connectivity index (χ4v) is 6.11. The molecule has 1 aliphatic rings. The minimum Gasteiger partial charge on any atom is -0.804 e. The van der Waals surface area contributed by atoms with Crippen LogP contribution in [0.1, 0.15) is 140 Å². The Kier molecular flexibility index (Phi) is 16.1. The standard InChI is InChI=1S/C29H41N2.C16H17N2.Ni/c1-18(2)24-13-11-14-25(19(3)4)28(24)30-22(9)17-23(10)31-29-26(20(5)6)15-12-16-27(29)21(7)8;1-10-6-5-7-11(2)16(10)18-14-8-12(3)15(17)13(4)9-14;/h11-21H,1-10H3;5-9H,1-4H3;/q2*-1;+2/b22-17+,31-23?;;. The Bertz CT molecular complexity index is 1720. The van der Waals surface area contributed by atoms with Crippen LogP contribution in [-0.4, -0.2) is 17.1 Å². The first-order chi connectivity index (χ1) is 23.0. The first kappa shape index (κ1) is 42.4. The third-order valence-corrected chi connectivity index (χ3v) is 8.84. The number of para-hydroxylation sites is 3. The van der Waals surface area contributed by atoms with Gasteiger partial charge in [-0.15, -0.1) is 5.69 Å². The van der Waals surface area contributed by atoms with Gasteiger partial charge in [0.15, 0.2) is 0 Å². The molecule has 0 atom stereocenters. The summed E-state index contributed by atoms with van der Waals surface area (Å²) in [5, 5.41) is 14.8. The Morgan fingerprint density at radius 2 is 1.02 bits per heavy atom. The quantitative estimate of drug-likeness (QED) is 0.120. The van der Waals surface area contributed by atoms with Gasteiger partial charge in [-0.05, 0) is 92.7 Å². The van der Waals surface area contributed by atoms with Gasteiger partial charge in [0, 0.05) is 5.71 Å². The Morgan fingerprint density at radius 1 is 0.620 bits per heavy atom. The second-order valence-electron chi connectivity index (χ2n) is 14.6. The normalized spacial score (nSPS) is 13.6. The molecule has 4 nitrogen and oxygen atoms in total. The number of hydrogen-bond donors (Lipinski definition) is 0. The average molecular weight is 714 g/mol. The molecular weight excluding hydrogens is 655 g/mol. The maximum absolute atomic E-state index is 9.76. The molecule has 3 aromatic rings. The van der Waals surface area contributed by atoms with Crippen molar-refractivity contribution in [1.29, 1.82) is 0 Å². The summed E-state index contributed by atoms with van der Waals surface area (Å²) in [5.41, 5.74) is 15.8. The van der Waals surface area contributed by atoms with Crippen LogP contribution in [0.5, 0.6) is 0 Å². The first-order valence-electron chi connectivity index (χ1n) is 17.8. The molecule has 0 bridgehead atoms. The third kappa shape index (κ3) is 11.1. The van der Waals surface area contributed by atoms with Gasteiger partial charge in [0.1, 0.15) is 0 Å². The fraction of sp³-hybridized carbons (Fsp3) is 0.400. The second-order valence-corrected chi connectivity index (χ2v) is 14.6. The van der Waals surface area contributed by atoms with Crippen molar-refractivity contribution in [2.45, 2.75) is 121 Å². The molecule has 0 saturated carbocycles. The molecule has 5 heteroatoms. The van der Waals surface area contributed by atoms with Gasteiger partial charge in [-0.1, -0.05) is 145 Å². The van der Waals surface area contributed by atoms with Crippen molar-refractivity contribution in [3.05, 3.63) is 134 Å². The topological polar surface area (TPSA) is 61.1 Å². The van der Waals surface area contributed by atoms with Gasteiger partial charge < -0.3 is 10.7 Å². The van der Waals surface area contributed by atoms with Gasteiger partial charge >= 0.3 is 16.5 Å². The van der Waals surface area contributed by atoms with E-state index in [1.54, 1.807) is 0 Å². The molecule has 0 N–H and O–H groups in total. The second kappa shape index (κ2) is 19.0. The van der Waals surface area contributed by atoms with Crippen LogP contribution in [0.3, 0.4) is 0 Å². The molecule has 0 spiro atoms. The van der Waals surface area contributed by atoms with Crippen molar-refractivity contribution >= 4 is 34.2 Å². The van der Waals surface area contributed by atoms with Gasteiger partial charge in [0.05, 0.1) is 17.1 Å². The van der Waals surface area contributed by atoms with Crippen molar-refractivity contribution in [3.8, 4) is 0 Å². The van der Waals surface area contributed by atoms with E-state index in [2.05, 4.69) is 138 Å². The van der Waals surface area contributed by atoms with Crippen molar-refractivity contribution in [2.75, 3.05) is 0 Å². The molecule has 1 aliphatic carbocycles. The molecule has 4 rings (SSSR count). The minimum atomic E-state index is 0. The molecule has 3 aromatic carbocycles. The van der Waals surface area contributed by atoms with Gasteiger partial charge in [-0.25, -0.2) is 4.99 Å². The van der Waals surface area contributed by atoms with Crippen LogP contribution < -0.4 is 0 Å². The van der Waals surface area contributed by atoms with E-state index < -0.39 is 0 Å². The van der Waals surface area contributed by atoms with Crippen LogP contribution in [0, 0.1) is 13.8 Å². The molecule has 0 saturated heterocycles. The van der Waals surface area contributed by atoms with E-state index in [1.807, 2.05) is 32.1 Å². The fourth-order valence-electron chi connectivity index (χ4n) is 6.11. The molecule has 0 heterocycles. The first-order valence-corrected chi connectivity index (χ1v) is 17.8. The van der Waals surface area contributed by atoms with Gasteiger partial charge in [0.2, 0.25) is 0 Å². The Morgan fingerprint density at radius 3 is 1.44 bits per heavy atom. The van der Waals surface area contributed by atoms with Crippen LogP contribution in [0.4, 0.5) is 17.1 Å². The Balaban J connectivity index is 0.000000387. The number of allylic oxidation sites excluding steroid dienone is 6. The van der Waals surface area contributed by atoms with Crippen LogP contribution in [-0.2, 0) is 16.5 Å². The van der Waals surface area contributed by atoms with E-state index in [9.17, 15) is 5.41 Å². The van der Waals surface area contributed by atoms with Gasteiger partial charge in [-0.2, -0.15) is 11.4 Å². The van der Waals surface area contributed by atoms with Crippen LogP contribution in [0.15, 0.2) is 99.7 Å². The number of aliphatic imine (C=N–C) groups is 2. The SMILES string of the molecule is CC(/C=C(\C)[N-]c1c(C(C)C)cccc1C(C)C)=Nc1c(C(C)C)cccc1C(C)C.CC1=CC(=Nc2c(C)cccc2C)C=C(C)C1=[N-].[Ni+2]. The molecule has 0 amide bonds. The van der Waals surface area contributed by atoms with Gasteiger partial charge in [-0.3, -0.25) is 4.99 Å². The zero-order valence-electron chi connectivity index (χ0n) is 32.8. The number of benzene rings is 3. The molecular formula is C45H58N4Ni. The van der Waals surface area contributed by atoms with Crippen LogP contribution >= 0.6 is 0 Å². The maximum atomic E-state index is 9.76. The molecule has 0 radical (unpaired) electrons. The van der Waals surface area contributed by atoms with Crippen LogP contribution in [0.2, 0.25) is 0 Å². The van der Waals surface area contributed by atoms with E-state index in [0.29, 0.717) is 29.4 Å². The van der Waals surface area contributed by atoms with E-state index >= 15 is 0 Å². The zero-order valence-corrected chi connectivity index (χ0v) is 33.8. The largest absolute Gasteiger partial charge is 2.00 e. The van der Waals surface area contributed by atoms with E-state index in [-0.39, 0.29) is 16.5 Å². The van der Waals surface area contributed by atoms with Crippen molar-refractivity contribution in [3.63, 3.8) is 0 Å². The maximum Gasteiger partial charge on any atom is 2.00 e. The van der Waals surface area contributed by atoms with Gasteiger partial charge in [0.25, 0.3) is 0 Å². The van der Waals surface area contributed by atoms with Crippen molar-refractivity contribution < 1.29 is 16.5 Å². The summed E-state index contributed by atoms with van der Waals surface area (Å²) in [5.74, 6) is 1.75. The number of rotatable bonds is 9. The van der Waals surface area contributed by atoms with Crippen molar-refractivity contribution in [1.82, 2.24) is 0 Å². The monoisotopic (exact) mass is 712 g/mol. The molecule has 0 fully saturated rings. The van der Waals surface area contributed by atoms with E-state index in [4.69, 9.17) is 15.3 Å². The summed E-state index contributed by atoms with van der Waals surface area (Å²) < 4.78 is 0. The zero-order chi connectivity index (χ0) is 36.6. The molecule has 0 aliphatic heterocycles. The van der Waals surface area contributed by atoms with Crippen molar-refractivity contribution in [2.24, 2.45) is 9.98 Å². The predicted molar refractivity (Wildman–Crippen MR) is 218 cm³/mol. The molecule has 0 unspecified atom stereocenters. The van der Waals surface area contributed by atoms with E-state index in [1.165, 1.54) is 33.4 Å². The molecule has 268 valence electrons. The summed E-state index contributed by atoms with van der Waals surface area (Å²) in [6.45, 7) is 30.0. The third-order valence-electron chi connectivity index (χ3n) is 8.84. The average Bonchev–Trinajstić information content (AvgIpc) is 3.01. The predicted octanol–water partition coefficient (Wildman–Crippen LogP) is 14.2. The van der Waals surface area contributed by atoms with E-state index in [0.717, 1.165) is 45.3 Å². The minimum absolute atomic E-state index is 0. The number of hydrogen-bond acceptors (Lipinski definition) is 2. The smallest absolute Gasteiger partial charge is 0.804 e. The summed E-state index contributed by atoms with van der Waals surface area (Å²) in [4.78, 5) is 9.77. The summed E-state index contributed by atoms with van der Waals surface area (Å²) in [6.07, 6.45) is 5.94. The Labute approximate surface area is 313 Å². The number of nitrogens with zero attached hydrogens (tertiary/aromatic N) is 4. The summed E-state index contributed by atoms with van der Waals surface area (Å²) in [7, 11) is 0. The number of aryl methyl sites for hydroxylation is 2. The molecule has 0 aromatic heterocycles. The summed E-state index contributed by atoms with van der Waals surface area (Å²) >= 11 is 0. The molecule has 50 heavy (non-hydrogen) atoms.